The summed E-state index contributed by atoms with van der Waals surface area (Å²) in [5, 5.41) is 4.03. The molecule has 3 N–H and O–H groups in total. The van der Waals surface area contributed by atoms with Gasteiger partial charge in [-0.2, -0.15) is 0 Å². The maximum atomic E-state index is 11.8. The van der Waals surface area contributed by atoms with Crippen LogP contribution < -0.4 is 11.1 Å². The fraction of sp³-hybridized carbons (Fsp3) is 0.500. The Morgan fingerprint density at radius 2 is 1.68 bits per heavy atom. The Kier molecular flexibility index (Phi) is 4.88. The van der Waals surface area contributed by atoms with E-state index in [1.165, 1.54) is 0 Å². The van der Waals surface area contributed by atoms with Crippen LogP contribution in [0.4, 0.5) is 0 Å². The van der Waals surface area contributed by atoms with Gasteiger partial charge in [0.2, 0.25) is 5.91 Å². The van der Waals surface area contributed by atoms with E-state index in [-0.39, 0.29) is 11.3 Å². The van der Waals surface area contributed by atoms with Crippen LogP contribution in [0.2, 0.25) is 10.0 Å². The van der Waals surface area contributed by atoms with E-state index in [1.807, 2.05) is 13.8 Å². The first kappa shape index (κ1) is 16.3. The lowest BCUT2D eigenvalue weighted by Gasteiger charge is -2.29. The van der Waals surface area contributed by atoms with Crippen molar-refractivity contribution < 1.29 is 4.79 Å². The smallest absolute Gasteiger partial charge is 0.239 e. The molecular formula is C14H20Cl2N2O. The molecule has 0 bridgehead atoms. The zero-order chi connectivity index (χ0) is 14.8. The number of hydrogen-bond acceptors (Lipinski definition) is 2. The molecule has 0 aliphatic carbocycles. The Hall–Kier alpha value is -0.770. The zero-order valence-corrected chi connectivity index (χ0v) is 13.2. The first-order chi connectivity index (χ1) is 8.55. The third-order valence-corrected chi connectivity index (χ3v) is 3.55. The minimum atomic E-state index is -0.902. The molecule has 3 nitrogen and oxygen atoms in total. The quantitative estimate of drug-likeness (QED) is 0.898. The molecule has 1 amide bonds. The largest absolute Gasteiger partial charge is 0.354 e. The second kappa shape index (κ2) is 5.70. The second-order valence-corrected chi connectivity index (χ2v) is 6.70. The monoisotopic (exact) mass is 302 g/mol. The Morgan fingerprint density at radius 3 is 2.11 bits per heavy atom. The molecular weight excluding hydrogens is 283 g/mol. The highest BCUT2D eigenvalue weighted by Crippen LogP contribution is 2.35. The number of benzene rings is 1. The van der Waals surface area contributed by atoms with Gasteiger partial charge in [-0.15, -0.1) is 0 Å². The van der Waals surface area contributed by atoms with Gasteiger partial charge in [-0.1, -0.05) is 43.1 Å². The molecule has 0 aliphatic rings. The minimum Gasteiger partial charge on any atom is -0.354 e. The van der Waals surface area contributed by atoms with Crippen LogP contribution in [0.5, 0.6) is 0 Å². The predicted octanol–water partition coefficient (Wildman–Crippen LogP) is 3.12. The van der Waals surface area contributed by atoms with Gasteiger partial charge < -0.3 is 11.1 Å². The van der Waals surface area contributed by atoms with Gasteiger partial charge in [0.25, 0.3) is 0 Å². The van der Waals surface area contributed by atoms with Crippen LogP contribution in [0, 0.1) is 0 Å². The van der Waals surface area contributed by atoms with Crippen LogP contribution in [0.1, 0.15) is 33.3 Å². The number of nitrogens with two attached hydrogens (primary N) is 1. The summed E-state index contributed by atoms with van der Waals surface area (Å²) >= 11 is 12.4. The summed E-state index contributed by atoms with van der Waals surface area (Å²) in [6.07, 6.45) is 0. The van der Waals surface area contributed by atoms with Gasteiger partial charge in [0.15, 0.2) is 0 Å². The van der Waals surface area contributed by atoms with Crippen molar-refractivity contribution in [1.29, 1.82) is 0 Å². The predicted molar refractivity (Wildman–Crippen MR) is 80.8 cm³/mol. The van der Waals surface area contributed by atoms with Crippen LogP contribution >= 0.6 is 23.2 Å². The molecule has 0 saturated carbocycles. The van der Waals surface area contributed by atoms with Crippen molar-refractivity contribution in [3.63, 3.8) is 0 Å². The van der Waals surface area contributed by atoms with E-state index in [1.54, 1.807) is 32.0 Å². The van der Waals surface area contributed by atoms with Gasteiger partial charge >= 0.3 is 0 Å². The molecule has 5 heteroatoms. The summed E-state index contributed by atoms with van der Waals surface area (Å²) in [5.74, 6) is -0.205. The summed E-state index contributed by atoms with van der Waals surface area (Å²) in [5.41, 5.74) is 5.29. The molecule has 0 spiro atoms. The van der Waals surface area contributed by atoms with Gasteiger partial charge in [0, 0.05) is 22.0 Å². The Bertz CT molecular complexity index is 459. The SMILES string of the molecule is CC(C)(N)C(=O)NCC(C)(C)c1c(Cl)cccc1Cl. The van der Waals surface area contributed by atoms with E-state index in [2.05, 4.69) is 5.32 Å². The molecule has 0 unspecified atom stereocenters. The zero-order valence-electron chi connectivity index (χ0n) is 11.7. The molecule has 106 valence electrons. The van der Waals surface area contributed by atoms with Gasteiger partial charge in [-0.05, 0) is 31.5 Å². The normalized spacial score (nSPS) is 12.4. The molecule has 0 saturated heterocycles. The molecule has 0 fully saturated rings. The molecule has 0 aliphatic heterocycles. The third kappa shape index (κ3) is 4.10. The molecule has 1 rings (SSSR count). The van der Waals surface area contributed by atoms with Crippen LogP contribution in [-0.4, -0.2) is 18.0 Å². The van der Waals surface area contributed by atoms with Crippen molar-refractivity contribution in [1.82, 2.24) is 5.32 Å². The van der Waals surface area contributed by atoms with Crippen molar-refractivity contribution in [2.24, 2.45) is 5.73 Å². The van der Waals surface area contributed by atoms with Crippen molar-refractivity contribution in [2.75, 3.05) is 6.54 Å². The second-order valence-electron chi connectivity index (χ2n) is 5.88. The Labute approximate surface area is 124 Å². The lowest BCUT2D eigenvalue weighted by molar-refractivity contribution is -0.125. The van der Waals surface area contributed by atoms with E-state index in [0.29, 0.717) is 16.6 Å². The summed E-state index contributed by atoms with van der Waals surface area (Å²) in [6.45, 7) is 7.69. The maximum absolute atomic E-state index is 11.8. The highest BCUT2D eigenvalue weighted by molar-refractivity contribution is 6.36. The van der Waals surface area contributed by atoms with Gasteiger partial charge in [-0.3, -0.25) is 4.79 Å². The average molecular weight is 303 g/mol. The lowest BCUT2D eigenvalue weighted by Crippen LogP contribution is -2.51. The number of amides is 1. The maximum Gasteiger partial charge on any atom is 0.239 e. The first-order valence-electron chi connectivity index (χ1n) is 6.07. The molecule has 0 aromatic heterocycles. The highest BCUT2D eigenvalue weighted by Gasteiger charge is 2.29. The first-order valence-corrected chi connectivity index (χ1v) is 6.83. The summed E-state index contributed by atoms with van der Waals surface area (Å²) < 4.78 is 0. The van der Waals surface area contributed by atoms with Gasteiger partial charge in [0.05, 0.1) is 5.54 Å². The Balaban J connectivity index is 2.91. The lowest BCUT2D eigenvalue weighted by atomic mass is 9.84. The van der Waals surface area contributed by atoms with E-state index in [4.69, 9.17) is 28.9 Å². The summed E-state index contributed by atoms with van der Waals surface area (Å²) in [6, 6.07) is 5.38. The van der Waals surface area contributed by atoms with Gasteiger partial charge in [-0.25, -0.2) is 0 Å². The fourth-order valence-electron chi connectivity index (χ4n) is 1.76. The highest BCUT2D eigenvalue weighted by atomic mass is 35.5. The number of nitrogens with one attached hydrogen (secondary N) is 1. The van der Waals surface area contributed by atoms with Crippen LogP contribution in [-0.2, 0) is 10.2 Å². The molecule has 1 aromatic rings. The van der Waals surface area contributed by atoms with E-state index < -0.39 is 5.54 Å². The number of carbonyl (C=O) groups is 1. The van der Waals surface area contributed by atoms with Crippen LogP contribution in [0.3, 0.4) is 0 Å². The molecule has 0 radical (unpaired) electrons. The Morgan fingerprint density at radius 1 is 1.21 bits per heavy atom. The van der Waals surface area contributed by atoms with E-state index in [0.717, 1.165) is 5.56 Å². The number of hydrogen-bond donors (Lipinski definition) is 2. The van der Waals surface area contributed by atoms with Crippen molar-refractivity contribution in [3.8, 4) is 0 Å². The standard InChI is InChI=1S/C14H20Cl2N2O/c1-13(2,8-18-12(19)14(3,4)17)11-9(15)6-5-7-10(11)16/h5-7H,8,17H2,1-4H3,(H,18,19). The van der Waals surface area contributed by atoms with Crippen molar-refractivity contribution >= 4 is 29.1 Å². The van der Waals surface area contributed by atoms with Crippen LogP contribution in [0.15, 0.2) is 18.2 Å². The van der Waals surface area contributed by atoms with Crippen molar-refractivity contribution in [3.05, 3.63) is 33.8 Å². The summed E-state index contributed by atoms with van der Waals surface area (Å²) in [4.78, 5) is 11.8. The summed E-state index contributed by atoms with van der Waals surface area (Å²) in [7, 11) is 0. The van der Waals surface area contributed by atoms with Crippen molar-refractivity contribution in [2.45, 2.75) is 38.6 Å². The third-order valence-electron chi connectivity index (χ3n) is 2.92. The van der Waals surface area contributed by atoms with Gasteiger partial charge in [0.1, 0.15) is 0 Å². The number of carbonyl (C=O) groups excluding carboxylic acids is 1. The average Bonchev–Trinajstić information content (AvgIpc) is 2.24. The minimum absolute atomic E-state index is 0.205. The molecule has 0 atom stereocenters. The molecule has 19 heavy (non-hydrogen) atoms. The molecule has 0 heterocycles. The van der Waals surface area contributed by atoms with Crippen LogP contribution in [0.25, 0.3) is 0 Å². The number of halogens is 2. The number of rotatable bonds is 4. The fourth-order valence-corrected chi connectivity index (χ4v) is 2.67. The molecule has 1 aromatic carbocycles. The van der Waals surface area contributed by atoms with E-state index in [9.17, 15) is 4.79 Å². The van der Waals surface area contributed by atoms with E-state index >= 15 is 0 Å². The topological polar surface area (TPSA) is 55.1 Å².